The first kappa shape index (κ1) is 27.3. The maximum atomic E-state index is 12.1. The third-order valence-corrected chi connectivity index (χ3v) is 7.65. The average molecular weight is 533 g/mol. The molecule has 1 aliphatic rings. The molecule has 33 heavy (non-hydrogen) atoms. The van der Waals surface area contributed by atoms with Crippen molar-refractivity contribution in [2.24, 2.45) is 0 Å². The van der Waals surface area contributed by atoms with Crippen molar-refractivity contribution >= 4 is 23.5 Å². The minimum atomic E-state index is -5.71. The summed E-state index contributed by atoms with van der Waals surface area (Å²) in [5.74, 6) is 0. The van der Waals surface area contributed by atoms with Crippen molar-refractivity contribution in [3.63, 3.8) is 0 Å². The van der Waals surface area contributed by atoms with E-state index in [0.717, 1.165) is 16.9 Å². The van der Waals surface area contributed by atoms with Crippen LogP contribution in [-0.2, 0) is 36.3 Å². The summed E-state index contributed by atoms with van der Waals surface area (Å²) >= 11 is 0. The van der Waals surface area contributed by atoms with E-state index in [1.807, 2.05) is 0 Å². The van der Waals surface area contributed by atoms with E-state index in [1.54, 1.807) is 6.07 Å². The third kappa shape index (κ3) is 8.42. The first-order valence-electron chi connectivity index (χ1n) is 8.58. The largest absolute Gasteiger partial charge is 0.494 e. The van der Waals surface area contributed by atoms with Crippen molar-refractivity contribution in [3.8, 4) is 6.07 Å². The first-order valence-corrected chi connectivity index (χ1v) is 13.1. The Hall–Kier alpha value is -1.92. The highest BCUT2D eigenvalue weighted by molar-refractivity contribution is 7.66. The molecule has 1 aromatic heterocycles. The monoisotopic (exact) mass is 533 g/mol. The molecule has 184 valence electrons. The van der Waals surface area contributed by atoms with Crippen LogP contribution < -0.4 is 11.2 Å². The van der Waals surface area contributed by atoms with E-state index >= 15 is 0 Å². The predicted molar refractivity (Wildman–Crippen MR) is 104 cm³/mol. The molecule has 17 nitrogen and oxygen atoms in total. The van der Waals surface area contributed by atoms with Crippen molar-refractivity contribution in [2.75, 3.05) is 6.61 Å². The van der Waals surface area contributed by atoms with Crippen LogP contribution in [0, 0.1) is 18.3 Å². The highest BCUT2D eigenvalue weighted by Crippen LogP contribution is 2.66. The highest BCUT2D eigenvalue weighted by Gasteiger charge is 2.43. The van der Waals surface area contributed by atoms with Crippen LogP contribution in [0.15, 0.2) is 28.1 Å². The number of nitrogens with zero attached hydrogens (tertiary/aromatic N) is 2. The topological polar surface area (TPSA) is 257 Å². The number of ether oxygens (including phenoxy) is 2. The third-order valence-electron chi connectivity index (χ3n) is 3.85. The van der Waals surface area contributed by atoms with Crippen molar-refractivity contribution in [1.82, 2.24) is 9.55 Å². The van der Waals surface area contributed by atoms with Crippen molar-refractivity contribution < 1.29 is 55.9 Å². The van der Waals surface area contributed by atoms with Gasteiger partial charge in [-0.05, 0) is 6.92 Å². The van der Waals surface area contributed by atoms with Gasteiger partial charge in [-0.15, -0.1) is 0 Å². The van der Waals surface area contributed by atoms with Crippen LogP contribution in [0.4, 0.5) is 0 Å². The Kier molecular flexibility index (Phi) is 8.74. The number of nitrogens with one attached hydrogen (secondary N) is 1. The summed E-state index contributed by atoms with van der Waals surface area (Å²) < 4.78 is 57.7. The molecule has 0 amide bonds. The highest BCUT2D eigenvalue weighted by atomic mass is 31.3. The minimum Gasteiger partial charge on any atom is -0.494 e. The molecule has 20 heteroatoms. The Morgan fingerprint density at radius 2 is 1.91 bits per heavy atom. The quantitative estimate of drug-likeness (QED) is 0.149. The number of allylic oxidation sites excluding steroid dienone is 1. The molecule has 1 saturated heterocycles. The molecule has 0 aromatic carbocycles. The maximum Gasteiger partial charge on any atom is 0.490 e. The second-order valence-electron chi connectivity index (χ2n) is 6.34. The summed E-state index contributed by atoms with van der Waals surface area (Å²) in [6.07, 6.45) is -0.168. The summed E-state index contributed by atoms with van der Waals surface area (Å²) in [7, 11) is -16.7. The molecule has 1 aromatic rings. The van der Waals surface area contributed by atoms with Gasteiger partial charge in [0.1, 0.15) is 18.4 Å². The Labute approximate surface area is 184 Å². The molecule has 1 aliphatic heterocycles. The van der Waals surface area contributed by atoms with Crippen LogP contribution in [0.2, 0.25) is 0 Å². The average Bonchev–Trinajstić information content (AvgIpc) is 3.03. The van der Waals surface area contributed by atoms with Gasteiger partial charge in [-0.3, -0.25) is 18.9 Å². The normalized spacial score (nSPS) is 24.8. The Morgan fingerprint density at radius 1 is 1.24 bits per heavy atom. The lowest BCUT2D eigenvalue weighted by Crippen LogP contribution is -2.33. The Bertz CT molecular complexity index is 1200. The number of aromatic nitrogens is 2. The number of rotatable bonds is 10. The minimum absolute atomic E-state index is 0.0639. The summed E-state index contributed by atoms with van der Waals surface area (Å²) in [6, 6.07) is 1.66. The van der Waals surface area contributed by atoms with E-state index in [0.29, 0.717) is 0 Å². The molecule has 5 N–H and O–H groups in total. The molecule has 0 spiro atoms. The summed E-state index contributed by atoms with van der Waals surface area (Å²) in [6.45, 7) is 0.586. The zero-order chi connectivity index (χ0) is 25.0. The molecule has 1 fully saturated rings. The van der Waals surface area contributed by atoms with Gasteiger partial charge in [0.25, 0.3) is 5.56 Å². The smallest absolute Gasteiger partial charge is 0.490 e. The van der Waals surface area contributed by atoms with Crippen molar-refractivity contribution in [2.45, 2.75) is 31.8 Å². The number of phosphoric acid groups is 3. The summed E-state index contributed by atoms with van der Waals surface area (Å²) in [5, 5.41) is 8.57. The predicted octanol–water partition coefficient (Wildman–Crippen LogP) is -0.102. The standard InChI is InChI=1S/C13H18N3O14P3/c1-8-6-16(13(18)15-12(8)17)11-5-9(26-4-2-3-14)10(28-11)7-27-32(22,23)30-33(24,25)29-31(19,20)21/h2,4,6,9-11H,5,7H2,1H3,(H,22,23)(H,24,25)(H,15,17,18)(H2,19,20,21)/b4-2+/t9-,10+,11+/m0/s1. The van der Waals surface area contributed by atoms with Crippen LogP contribution in [-0.4, -0.2) is 47.9 Å². The maximum absolute atomic E-state index is 12.1. The lowest BCUT2D eigenvalue weighted by Gasteiger charge is -2.20. The van der Waals surface area contributed by atoms with Gasteiger partial charge in [0.05, 0.1) is 25.0 Å². The van der Waals surface area contributed by atoms with E-state index in [2.05, 4.69) is 18.1 Å². The van der Waals surface area contributed by atoms with E-state index in [4.69, 9.17) is 24.5 Å². The fourth-order valence-corrected chi connectivity index (χ4v) is 5.64. The van der Waals surface area contributed by atoms with Gasteiger partial charge in [0, 0.05) is 18.2 Å². The van der Waals surface area contributed by atoms with Crippen molar-refractivity contribution in [1.29, 1.82) is 5.26 Å². The molecule has 2 unspecified atom stereocenters. The zero-order valence-electron chi connectivity index (χ0n) is 16.5. The molecule has 0 bridgehead atoms. The molecule has 0 aliphatic carbocycles. The molecule has 2 heterocycles. The molecule has 2 rings (SSSR count). The molecule has 0 radical (unpaired) electrons. The van der Waals surface area contributed by atoms with Crippen LogP contribution >= 0.6 is 23.5 Å². The molecule has 0 saturated carbocycles. The van der Waals surface area contributed by atoms with E-state index in [-0.39, 0.29) is 12.0 Å². The van der Waals surface area contributed by atoms with Crippen LogP contribution in [0.1, 0.15) is 18.2 Å². The number of hydrogen-bond donors (Lipinski definition) is 5. The van der Waals surface area contributed by atoms with Crippen molar-refractivity contribution in [3.05, 3.63) is 44.9 Å². The van der Waals surface area contributed by atoms with Gasteiger partial charge < -0.3 is 29.0 Å². The molecular formula is C13H18N3O14P3. The molecular weight excluding hydrogens is 515 g/mol. The number of nitriles is 1. The molecule has 5 atom stereocenters. The van der Waals surface area contributed by atoms with Gasteiger partial charge in [0.15, 0.2) is 0 Å². The Morgan fingerprint density at radius 3 is 2.52 bits per heavy atom. The second-order valence-corrected chi connectivity index (χ2v) is 10.8. The number of hydrogen-bond acceptors (Lipinski definition) is 11. The lowest BCUT2D eigenvalue weighted by molar-refractivity contribution is -0.0471. The Balaban J connectivity index is 2.17. The van der Waals surface area contributed by atoms with Gasteiger partial charge >= 0.3 is 29.2 Å². The zero-order valence-corrected chi connectivity index (χ0v) is 19.2. The fraction of sp³-hybridized carbons (Fsp3) is 0.462. The van der Waals surface area contributed by atoms with Gasteiger partial charge in [-0.1, -0.05) is 0 Å². The summed E-state index contributed by atoms with van der Waals surface area (Å²) in [5.41, 5.74) is -1.27. The second kappa shape index (κ2) is 10.6. The number of aromatic amines is 1. The lowest BCUT2D eigenvalue weighted by atomic mass is 10.2. The van der Waals surface area contributed by atoms with Crippen LogP contribution in [0.3, 0.4) is 0 Å². The van der Waals surface area contributed by atoms with E-state index in [1.165, 1.54) is 13.1 Å². The van der Waals surface area contributed by atoms with Crippen LogP contribution in [0.25, 0.3) is 0 Å². The number of phosphoric ester groups is 1. The summed E-state index contributed by atoms with van der Waals surface area (Å²) in [4.78, 5) is 61.6. The first-order chi connectivity index (χ1) is 15.1. The van der Waals surface area contributed by atoms with Gasteiger partial charge in [0.2, 0.25) is 0 Å². The van der Waals surface area contributed by atoms with Crippen LogP contribution in [0.5, 0.6) is 0 Å². The number of aryl methyl sites for hydroxylation is 1. The van der Waals surface area contributed by atoms with E-state index in [9.17, 15) is 33.1 Å². The van der Waals surface area contributed by atoms with Gasteiger partial charge in [-0.2, -0.15) is 13.9 Å². The van der Waals surface area contributed by atoms with Gasteiger partial charge in [-0.25, -0.2) is 18.5 Å². The SMILES string of the molecule is Cc1cn([C@H]2C[C@H](O/C=C/C#N)[C@@H](COP(=O)(O)OP(=O)(O)OP(=O)(O)O)O2)c(=O)[nH]c1=O. The van der Waals surface area contributed by atoms with E-state index < -0.39 is 59.8 Å². The number of H-pyrrole nitrogens is 1. The fourth-order valence-electron chi connectivity index (χ4n) is 2.61.